The molecule has 0 spiro atoms. The summed E-state index contributed by atoms with van der Waals surface area (Å²) in [6.45, 7) is 0.509. The zero-order chi connectivity index (χ0) is 12.4. The molecule has 1 aliphatic heterocycles. The van der Waals surface area contributed by atoms with Crippen molar-refractivity contribution in [3.8, 4) is 0 Å². The van der Waals surface area contributed by atoms with Crippen molar-refractivity contribution in [2.45, 2.75) is 25.0 Å². The van der Waals surface area contributed by atoms with Gasteiger partial charge in [0.2, 0.25) is 0 Å². The van der Waals surface area contributed by atoms with Crippen LogP contribution in [-0.2, 0) is 4.74 Å². The van der Waals surface area contributed by atoms with Crippen molar-refractivity contribution in [3.05, 3.63) is 38.3 Å². The molecule has 92 valence electrons. The number of aliphatic hydroxyl groups excluding tert-OH is 1. The van der Waals surface area contributed by atoms with Crippen LogP contribution in [0.2, 0.25) is 0 Å². The summed E-state index contributed by atoms with van der Waals surface area (Å²) in [5, 5.41) is 20.2. The van der Waals surface area contributed by atoms with Gasteiger partial charge in [0.05, 0.1) is 17.1 Å². The molecule has 2 rings (SSSR count). The Hall–Kier alpha value is -0.980. The fourth-order valence-corrected chi connectivity index (χ4v) is 2.51. The van der Waals surface area contributed by atoms with Crippen molar-refractivity contribution >= 4 is 21.6 Å². The van der Waals surface area contributed by atoms with Crippen LogP contribution < -0.4 is 0 Å². The molecule has 5 nitrogen and oxygen atoms in total. The maximum absolute atomic E-state index is 10.6. The van der Waals surface area contributed by atoms with Crippen LogP contribution in [0.5, 0.6) is 0 Å². The van der Waals surface area contributed by atoms with Gasteiger partial charge in [-0.25, -0.2) is 0 Å². The number of nitro benzene ring substituents is 1. The molecule has 1 fully saturated rings. The number of benzene rings is 1. The third-order valence-corrected chi connectivity index (χ3v) is 3.48. The van der Waals surface area contributed by atoms with E-state index in [1.807, 2.05) is 0 Å². The Balaban J connectivity index is 2.23. The lowest BCUT2D eigenvalue weighted by atomic mass is 9.99. The quantitative estimate of drug-likeness (QED) is 0.673. The molecule has 6 heteroatoms. The van der Waals surface area contributed by atoms with Gasteiger partial charge in [-0.15, -0.1) is 0 Å². The summed E-state index contributed by atoms with van der Waals surface area (Å²) in [5.74, 6) is 0. The molecule has 0 aliphatic carbocycles. The molecule has 0 radical (unpaired) electrons. The second-order valence-corrected chi connectivity index (χ2v) is 4.85. The van der Waals surface area contributed by atoms with Gasteiger partial charge in [-0.05, 0) is 18.1 Å². The molecule has 2 unspecified atom stereocenters. The van der Waals surface area contributed by atoms with E-state index in [9.17, 15) is 15.2 Å². The van der Waals surface area contributed by atoms with E-state index in [2.05, 4.69) is 15.9 Å². The van der Waals surface area contributed by atoms with Crippen molar-refractivity contribution in [3.63, 3.8) is 0 Å². The SMILES string of the molecule is O=[N+]([O-])c1ccc(C2CC(O)CCO2)c(Br)c1. The minimum absolute atomic E-state index is 0.0389. The maximum Gasteiger partial charge on any atom is 0.270 e. The minimum atomic E-state index is -0.439. The van der Waals surface area contributed by atoms with Gasteiger partial charge in [0.25, 0.3) is 5.69 Å². The second kappa shape index (κ2) is 5.12. The molecular formula is C11H12BrNO4. The minimum Gasteiger partial charge on any atom is -0.393 e. The zero-order valence-corrected chi connectivity index (χ0v) is 10.6. The van der Waals surface area contributed by atoms with Gasteiger partial charge in [-0.2, -0.15) is 0 Å². The zero-order valence-electron chi connectivity index (χ0n) is 9.01. The Morgan fingerprint density at radius 2 is 2.29 bits per heavy atom. The summed E-state index contributed by atoms with van der Waals surface area (Å²) >= 11 is 3.30. The molecule has 2 atom stereocenters. The van der Waals surface area contributed by atoms with E-state index in [1.54, 1.807) is 6.07 Å². The standard InChI is InChI=1S/C11H12BrNO4/c12-10-5-7(13(15)16)1-2-9(10)11-6-8(14)3-4-17-11/h1-2,5,8,11,14H,3-4,6H2. The summed E-state index contributed by atoms with van der Waals surface area (Å²) in [6.07, 6.45) is 0.599. The van der Waals surface area contributed by atoms with Crippen LogP contribution in [0.3, 0.4) is 0 Å². The summed E-state index contributed by atoms with van der Waals surface area (Å²) in [4.78, 5) is 10.2. The fraction of sp³-hybridized carbons (Fsp3) is 0.455. The van der Waals surface area contributed by atoms with Crippen LogP contribution in [0, 0.1) is 10.1 Å². The highest BCUT2D eigenvalue weighted by Crippen LogP contribution is 2.34. The van der Waals surface area contributed by atoms with Crippen LogP contribution in [0.25, 0.3) is 0 Å². The van der Waals surface area contributed by atoms with Crippen molar-refractivity contribution in [2.24, 2.45) is 0 Å². The number of ether oxygens (including phenoxy) is 1. The number of halogens is 1. The summed E-state index contributed by atoms with van der Waals surface area (Å²) in [5.41, 5.74) is 0.881. The lowest BCUT2D eigenvalue weighted by molar-refractivity contribution is -0.385. The first-order valence-corrected chi connectivity index (χ1v) is 6.10. The maximum atomic E-state index is 10.6. The first-order valence-electron chi connectivity index (χ1n) is 5.31. The number of rotatable bonds is 2. The number of aliphatic hydroxyl groups is 1. The highest BCUT2D eigenvalue weighted by atomic mass is 79.9. The summed E-state index contributed by atoms with van der Waals surface area (Å²) in [7, 11) is 0. The molecule has 1 heterocycles. The first-order chi connectivity index (χ1) is 8.08. The smallest absolute Gasteiger partial charge is 0.270 e. The van der Waals surface area contributed by atoms with E-state index in [0.717, 1.165) is 5.56 Å². The van der Waals surface area contributed by atoms with Crippen molar-refractivity contribution < 1.29 is 14.8 Å². The van der Waals surface area contributed by atoms with Gasteiger partial charge in [-0.1, -0.05) is 15.9 Å². The average molecular weight is 302 g/mol. The fourth-order valence-electron chi connectivity index (χ4n) is 1.89. The summed E-state index contributed by atoms with van der Waals surface area (Å²) < 4.78 is 6.20. The van der Waals surface area contributed by atoms with E-state index in [4.69, 9.17) is 4.74 Å². The van der Waals surface area contributed by atoms with Crippen LogP contribution >= 0.6 is 15.9 Å². The van der Waals surface area contributed by atoms with E-state index in [0.29, 0.717) is 23.9 Å². The van der Waals surface area contributed by atoms with E-state index < -0.39 is 4.92 Å². The Morgan fingerprint density at radius 1 is 1.53 bits per heavy atom. The molecule has 1 N–H and O–H groups in total. The number of hydrogen-bond donors (Lipinski definition) is 1. The second-order valence-electron chi connectivity index (χ2n) is 4.00. The lowest BCUT2D eigenvalue weighted by Gasteiger charge is -2.27. The van der Waals surface area contributed by atoms with Crippen molar-refractivity contribution in [1.29, 1.82) is 0 Å². The lowest BCUT2D eigenvalue weighted by Crippen LogP contribution is -2.23. The molecule has 1 aromatic rings. The molecule has 0 bridgehead atoms. The number of non-ortho nitro benzene ring substituents is 1. The van der Waals surface area contributed by atoms with Gasteiger partial charge in [0.1, 0.15) is 0 Å². The van der Waals surface area contributed by atoms with E-state index in [-0.39, 0.29) is 17.9 Å². The largest absolute Gasteiger partial charge is 0.393 e. The van der Waals surface area contributed by atoms with Gasteiger partial charge >= 0.3 is 0 Å². The van der Waals surface area contributed by atoms with Crippen LogP contribution in [0.1, 0.15) is 24.5 Å². The molecular weight excluding hydrogens is 290 g/mol. The van der Waals surface area contributed by atoms with Gasteiger partial charge < -0.3 is 9.84 Å². The summed E-state index contributed by atoms with van der Waals surface area (Å²) in [6, 6.07) is 4.58. The molecule has 0 saturated carbocycles. The van der Waals surface area contributed by atoms with Gasteiger partial charge in [0, 0.05) is 29.6 Å². The van der Waals surface area contributed by atoms with Crippen molar-refractivity contribution in [1.82, 2.24) is 0 Å². The molecule has 17 heavy (non-hydrogen) atoms. The number of nitrogens with zero attached hydrogens (tertiary/aromatic N) is 1. The third-order valence-electron chi connectivity index (χ3n) is 2.80. The van der Waals surface area contributed by atoms with E-state index >= 15 is 0 Å². The normalized spacial score (nSPS) is 24.6. The molecule has 1 saturated heterocycles. The van der Waals surface area contributed by atoms with Crippen LogP contribution in [-0.4, -0.2) is 22.7 Å². The Labute approximate surface area is 107 Å². The highest BCUT2D eigenvalue weighted by molar-refractivity contribution is 9.10. The molecule has 0 aromatic heterocycles. The molecule has 1 aliphatic rings. The van der Waals surface area contributed by atoms with E-state index in [1.165, 1.54) is 12.1 Å². The Bertz CT molecular complexity index is 437. The predicted octanol–water partition coefficient (Wildman–Crippen LogP) is 2.57. The van der Waals surface area contributed by atoms with Gasteiger partial charge in [0.15, 0.2) is 0 Å². The Morgan fingerprint density at radius 3 is 2.88 bits per heavy atom. The number of hydrogen-bond acceptors (Lipinski definition) is 4. The Kier molecular flexibility index (Phi) is 3.76. The molecule has 0 amide bonds. The highest BCUT2D eigenvalue weighted by Gasteiger charge is 2.24. The van der Waals surface area contributed by atoms with Crippen LogP contribution in [0.15, 0.2) is 22.7 Å². The van der Waals surface area contributed by atoms with Crippen LogP contribution in [0.4, 0.5) is 5.69 Å². The number of nitro groups is 1. The predicted molar refractivity (Wildman–Crippen MR) is 64.7 cm³/mol. The van der Waals surface area contributed by atoms with Crippen molar-refractivity contribution in [2.75, 3.05) is 6.61 Å². The monoisotopic (exact) mass is 301 g/mol. The third kappa shape index (κ3) is 2.83. The topological polar surface area (TPSA) is 72.6 Å². The first kappa shape index (κ1) is 12.5. The average Bonchev–Trinajstić information content (AvgIpc) is 2.28. The molecule has 1 aromatic carbocycles. The van der Waals surface area contributed by atoms with Gasteiger partial charge in [-0.3, -0.25) is 10.1 Å².